The molecular formula is C20H23NO3. The number of nitrogens with zero attached hydrogens (tertiary/aromatic N) is 1. The number of methoxy groups -OCH3 is 1. The SMILES string of the molecule is COC(=O)C1C(=O)n2c(c(C)c3ccccc32)[C@@]2(C)CCC[C@H]1C2. The molecule has 4 nitrogen and oxygen atoms in total. The lowest BCUT2D eigenvalue weighted by Crippen LogP contribution is -2.36. The molecule has 0 N–H and O–H groups in total. The van der Waals surface area contributed by atoms with E-state index in [1.165, 1.54) is 12.7 Å². The van der Waals surface area contributed by atoms with Gasteiger partial charge in [0.2, 0.25) is 5.91 Å². The Bertz CT molecular complexity index is 850. The topological polar surface area (TPSA) is 48.3 Å². The molecule has 0 spiro atoms. The van der Waals surface area contributed by atoms with Gasteiger partial charge in [-0.1, -0.05) is 31.5 Å². The van der Waals surface area contributed by atoms with Crippen LogP contribution in [0.3, 0.4) is 0 Å². The summed E-state index contributed by atoms with van der Waals surface area (Å²) >= 11 is 0. The highest BCUT2D eigenvalue weighted by Crippen LogP contribution is 2.50. The van der Waals surface area contributed by atoms with Crippen LogP contribution >= 0.6 is 0 Å². The van der Waals surface area contributed by atoms with Crippen molar-refractivity contribution in [3.63, 3.8) is 0 Å². The van der Waals surface area contributed by atoms with Gasteiger partial charge in [0, 0.05) is 16.5 Å². The Morgan fingerprint density at radius 3 is 2.83 bits per heavy atom. The number of rotatable bonds is 1. The van der Waals surface area contributed by atoms with Crippen molar-refractivity contribution in [1.29, 1.82) is 0 Å². The maximum Gasteiger partial charge on any atom is 0.318 e. The molecule has 1 saturated carbocycles. The molecule has 3 atom stereocenters. The van der Waals surface area contributed by atoms with Crippen molar-refractivity contribution in [2.75, 3.05) is 7.11 Å². The van der Waals surface area contributed by atoms with Crippen LogP contribution in [0.4, 0.5) is 0 Å². The van der Waals surface area contributed by atoms with E-state index in [-0.39, 0.29) is 17.2 Å². The number of carbonyl (C=O) groups is 2. The van der Waals surface area contributed by atoms with Crippen LogP contribution in [-0.4, -0.2) is 23.6 Å². The van der Waals surface area contributed by atoms with E-state index in [4.69, 9.17) is 4.74 Å². The summed E-state index contributed by atoms with van der Waals surface area (Å²) in [6, 6.07) is 8.01. The smallest absolute Gasteiger partial charge is 0.318 e. The maximum atomic E-state index is 13.4. The molecule has 1 fully saturated rings. The zero-order chi connectivity index (χ0) is 17.1. The number of esters is 1. The first kappa shape index (κ1) is 15.4. The third-order valence-electron chi connectivity index (χ3n) is 6.13. The number of benzene rings is 1. The van der Waals surface area contributed by atoms with E-state index in [0.29, 0.717) is 0 Å². The van der Waals surface area contributed by atoms with Crippen LogP contribution in [0, 0.1) is 18.8 Å². The molecular weight excluding hydrogens is 302 g/mol. The van der Waals surface area contributed by atoms with Crippen molar-refractivity contribution in [2.24, 2.45) is 11.8 Å². The minimum absolute atomic E-state index is 0.0650. The molecule has 1 aliphatic heterocycles. The standard InChI is InChI=1S/C20H23NO3/c1-12-14-8-4-5-9-15(14)21-17(12)20(2)10-6-7-13(11-20)16(18(21)22)19(23)24-3/h4-5,8-9,13,16H,6-7,10-11H2,1-3H3/t13-,16?,20-/m0/s1. The van der Waals surface area contributed by atoms with Gasteiger partial charge in [-0.25, -0.2) is 0 Å². The minimum atomic E-state index is -0.689. The fraction of sp³-hybridized carbons (Fsp3) is 0.500. The Kier molecular flexibility index (Phi) is 3.34. The minimum Gasteiger partial charge on any atom is -0.468 e. The second-order valence-electron chi connectivity index (χ2n) is 7.58. The summed E-state index contributed by atoms with van der Waals surface area (Å²) in [6.45, 7) is 4.36. The van der Waals surface area contributed by atoms with Crippen molar-refractivity contribution in [3.05, 3.63) is 35.5 Å². The Labute approximate surface area is 141 Å². The lowest BCUT2D eigenvalue weighted by Gasteiger charge is -2.37. The number of fused-ring (bicyclic) bond motifs is 6. The average Bonchev–Trinajstić information content (AvgIpc) is 2.85. The summed E-state index contributed by atoms with van der Waals surface area (Å²) in [5.74, 6) is -1.12. The van der Waals surface area contributed by atoms with Crippen LogP contribution in [0.15, 0.2) is 24.3 Å². The number of ether oxygens (including phenoxy) is 1. The fourth-order valence-electron chi connectivity index (χ4n) is 5.15. The van der Waals surface area contributed by atoms with E-state index >= 15 is 0 Å². The summed E-state index contributed by atoms with van der Waals surface area (Å²) < 4.78 is 6.83. The number of hydrogen-bond donors (Lipinski definition) is 0. The van der Waals surface area contributed by atoms with Crippen LogP contribution in [0.1, 0.15) is 48.7 Å². The summed E-state index contributed by atoms with van der Waals surface area (Å²) in [7, 11) is 1.38. The van der Waals surface area contributed by atoms with Gasteiger partial charge < -0.3 is 4.74 Å². The lowest BCUT2D eigenvalue weighted by atomic mass is 9.66. The molecule has 126 valence electrons. The Morgan fingerprint density at radius 2 is 2.08 bits per heavy atom. The first-order valence-electron chi connectivity index (χ1n) is 8.70. The fourth-order valence-corrected chi connectivity index (χ4v) is 5.15. The zero-order valence-corrected chi connectivity index (χ0v) is 14.5. The molecule has 0 radical (unpaired) electrons. The van der Waals surface area contributed by atoms with Crippen LogP contribution in [0.5, 0.6) is 0 Å². The van der Waals surface area contributed by atoms with E-state index in [9.17, 15) is 9.59 Å². The zero-order valence-electron chi connectivity index (χ0n) is 14.5. The Balaban J connectivity index is 2.05. The predicted molar refractivity (Wildman–Crippen MR) is 92.1 cm³/mol. The number of para-hydroxylation sites is 1. The van der Waals surface area contributed by atoms with E-state index in [2.05, 4.69) is 19.9 Å². The molecule has 1 aromatic carbocycles. The van der Waals surface area contributed by atoms with Crippen molar-refractivity contribution in [2.45, 2.75) is 44.9 Å². The van der Waals surface area contributed by atoms with Gasteiger partial charge in [0.25, 0.3) is 0 Å². The maximum absolute atomic E-state index is 13.4. The summed E-state index contributed by atoms with van der Waals surface area (Å²) in [5, 5.41) is 1.11. The van der Waals surface area contributed by atoms with Gasteiger partial charge in [-0.15, -0.1) is 0 Å². The number of aromatic nitrogens is 1. The largest absolute Gasteiger partial charge is 0.468 e. The highest BCUT2D eigenvalue weighted by atomic mass is 16.5. The van der Waals surface area contributed by atoms with E-state index < -0.39 is 11.9 Å². The third kappa shape index (κ3) is 1.92. The third-order valence-corrected chi connectivity index (χ3v) is 6.13. The molecule has 1 aliphatic carbocycles. The summed E-state index contributed by atoms with van der Waals surface area (Å²) in [5.41, 5.74) is 3.12. The van der Waals surface area contributed by atoms with Gasteiger partial charge in [0.15, 0.2) is 0 Å². The molecule has 2 bridgehead atoms. The van der Waals surface area contributed by atoms with Crippen LogP contribution in [-0.2, 0) is 14.9 Å². The molecule has 0 amide bonds. The van der Waals surface area contributed by atoms with E-state index in [1.807, 2.05) is 22.8 Å². The number of hydrogen-bond acceptors (Lipinski definition) is 3. The number of aryl methyl sites for hydroxylation is 1. The first-order chi connectivity index (χ1) is 11.5. The van der Waals surface area contributed by atoms with Gasteiger partial charge in [0.05, 0.1) is 12.6 Å². The van der Waals surface area contributed by atoms with Crippen LogP contribution in [0.2, 0.25) is 0 Å². The van der Waals surface area contributed by atoms with Crippen molar-refractivity contribution in [3.8, 4) is 0 Å². The van der Waals surface area contributed by atoms with Gasteiger partial charge in [-0.05, 0) is 43.7 Å². The first-order valence-corrected chi connectivity index (χ1v) is 8.70. The second kappa shape index (κ2) is 5.20. The summed E-state index contributed by atoms with van der Waals surface area (Å²) in [6.07, 6.45) is 3.89. The van der Waals surface area contributed by atoms with Crippen LogP contribution < -0.4 is 0 Å². The number of carbonyl (C=O) groups excluding carboxylic acids is 2. The van der Waals surface area contributed by atoms with Crippen molar-refractivity contribution in [1.82, 2.24) is 4.57 Å². The highest BCUT2D eigenvalue weighted by Gasteiger charge is 2.49. The van der Waals surface area contributed by atoms with Gasteiger partial charge in [-0.2, -0.15) is 0 Å². The average molecular weight is 325 g/mol. The lowest BCUT2D eigenvalue weighted by molar-refractivity contribution is -0.146. The molecule has 4 rings (SSSR count). The molecule has 4 heteroatoms. The Hall–Kier alpha value is -2.10. The highest BCUT2D eigenvalue weighted by molar-refractivity contribution is 6.05. The van der Waals surface area contributed by atoms with E-state index in [0.717, 1.165) is 42.3 Å². The second-order valence-corrected chi connectivity index (χ2v) is 7.58. The van der Waals surface area contributed by atoms with Gasteiger partial charge in [0.1, 0.15) is 5.92 Å². The molecule has 2 aliphatic rings. The van der Waals surface area contributed by atoms with Crippen molar-refractivity contribution < 1.29 is 14.3 Å². The molecule has 24 heavy (non-hydrogen) atoms. The monoisotopic (exact) mass is 325 g/mol. The van der Waals surface area contributed by atoms with Crippen molar-refractivity contribution >= 4 is 22.8 Å². The molecule has 1 unspecified atom stereocenters. The molecule has 2 heterocycles. The molecule has 1 aromatic heterocycles. The Morgan fingerprint density at radius 1 is 1.33 bits per heavy atom. The summed E-state index contributed by atoms with van der Waals surface area (Å²) in [4.78, 5) is 25.8. The van der Waals surface area contributed by atoms with E-state index in [1.54, 1.807) is 0 Å². The predicted octanol–water partition coefficient (Wildman–Crippen LogP) is 3.84. The van der Waals surface area contributed by atoms with Crippen LogP contribution in [0.25, 0.3) is 10.9 Å². The molecule has 2 aromatic rings. The van der Waals surface area contributed by atoms with Gasteiger partial charge in [-0.3, -0.25) is 14.2 Å². The quantitative estimate of drug-likeness (QED) is 0.591. The normalized spacial score (nSPS) is 29.2. The molecule has 0 saturated heterocycles. The van der Waals surface area contributed by atoms with Gasteiger partial charge >= 0.3 is 5.97 Å².